The predicted molar refractivity (Wildman–Crippen MR) is 119 cm³/mol. The third-order valence-corrected chi connectivity index (χ3v) is 5.29. The van der Waals surface area contributed by atoms with Gasteiger partial charge in [0.25, 0.3) is 5.24 Å². The molecule has 4 aromatic rings. The number of hydrogen-bond acceptors (Lipinski definition) is 3. The minimum absolute atomic E-state index is 0.0393. The van der Waals surface area contributed by atoms with Gasteiger partial charge in [0.2, 0.25) is 0 Å². The highest BCUT2D eigenvalue weighted by molar-refractivity contribution is 8.13. The van der Waals surface area contributed by atoms with E-state index in [1.54, 1.807) is 0 Å². The van der Waals surface area contributed by atoms with Gasteiger partial charge >= 0.3 is 0 Å². The Balaban J connectivity index is 1.45. The molecule has 3 aromatic carbocycles. The first-order chi connectivity index (χ1) is 13.8. The molecule has 1 aromatic heterocycles. The summed E-state index contributed by atoms with van der Waals surface area (Å²) in [5.41, 5.74) is 3.22. The van der Waals surface area contributed by atoms with E-state index >= 15 is 0 Å². The summed E-state index contributed by atoms with van der Waals surface area (Å²) in [5.74, 6) is 1.55. The zero-order valence-electron chi connectivity index (χ0n) is 15.7. The summed E-state index contributed by atoms with van der Waals surface area (Å²) in [6, 6.07) is 24.4. The van der Waals surface area contributed by atoms with Gasteiger partial charge in [-0.05, 0) is 42.2 Å². The molecule has 0 aliphatic carbocycles. The van der Waals surface area contributed by atoms with Crippen LogP contribution in [0.5, 0.6) is 5.75 Å². The number of fused-ring (bicyclic) bond motifs is 3. The van der Waals surface area contributed by atoms with E-state index in [0.717, 1.165) is 23.7 Å². The number of anilines is 1. The van der Waals surface area contributed by atoms with Gasteiger partial charge in [-0.25, -0.2) is 0 Å². The van der Waals surface area contributed by atoms with E-state index in [4.69, 9.17) is 4.74 Å². The van der Waals surface area contributed by atoms with Gasteiger partial charge in [-0.2, -0.15) is 0 Å². The first kappa shape index (κ1) is 18.4. The molecular weight excluding hydrogens is 368 g/mol. The van der Waals surface area contributed by atoms with Gasteiger partial charge in [-0.15, -0.1) is 0 Å². The van der Waals surface area contributed by atoms with Crippen LogP contribution in [-0.2, 0) is 6.54 Å². The number of rotatable bonds is 6. The average molecular weight is 391 g/mol. The van der Waals surface area contributed by atoms with Crippen molar-refractivity contribution in [2.45, 2.75) is 13.5 Å². The van der Waals surface area contributed by atoms with Crippen LogP contribution in [0.2, 0.25) is 0 Å². The Labute approximate surface area is 168 Å². The molecule has 0 fully saturated rings. The molecule has 1 amide bonds. The molecule has 0 aliphatic heterocycles. The SMILES string of the molecule is CCSC(=O)Nc1ccc(OCCn2c3ccccc3c3ccccc32)cc1. The molecule has 5 heteroatoms. The summed E-state index contributed by atoms with van der Waals surface area (Å²) in [7, 11) is 0. The van der Waals surface area contributed by atoms with Crippen LogP contribution in [-0.4, -0.2) is 22.2 Å². The number of nitrogens with one attached hydrogen (secondary N) is 1. The number of benzene rings is 3. The van der Waals surface area contributed by atoms with E-state index in [-0.39, 0.29) is 5.24 Å². The van der Waals surface area contributed by atoms with Gasteiger partial charge in [0.15, 0.2) is 0 Å². The minimum atomic E-state index is -0.0393. The van der Waals surface area contributed by atoms with Crippen molar-refractivity contribution in [3.63, 3.8) is 0 Å². The van der Waals surface area contributed by atoms with Gasteiger partial charge in [-0.3, -0.25) is 4.79 Å². The first-order valence-corrected chi connectivity index (χ1v) is 10.4. The van der Waals surface area contributed by atoms with E-state index in [1.165, 1.54) is 33.6 Å². The van der Waals surface area contributed by atoms with Crippen LogP contribution in [0, 0.1) is 0 Å². The maximum atomic E-state index is 11.6. The molecule has 0 saturated heterocycles. The first-order valence-electron chi connectivity index (χ1n) is 9.39. The molecule has 1 N–H and O–H groups in total. The quantitative estimate of drug-likeness (QED) is 0.429. The van der Waals surface area contributed by atoms with E-state index in [0.29, 0.717) is 6.61 Å². The van der Waals surface area contributed by atoms with Gasteiger partial charge < -0.3 is 14.6 Å². The summed E-state index contributed by atoms with van der Waals surface area (Å²) in [4.78, 5) is 11.6. The Bertz CT molecular complexity index is 1050. The Morgan fingerprint density at radius 2 is 1.54 bits per heavy atom. The number of hydrogen-bond donors (Lipinski definition) is 1. The van der Waals surface area contributed by atoms with E-state index in [9.17, 15) is 4.79 Å². The van der Waals surface area contributed by atoms with Crippen molar-refractivity contribution in [2.75, 3.05) is 17.7 Å². The molecular formula is C23H22N2O2S. The van der Waals surface area contributed by atoms with Crippen LogP contribution in [0.15, 0.2) is 72.8 Å². The lowest BCUT2D eigenvalue weighted by Crippen LogP contribution is -2.08. The fraction of sp³-hybridized carbons (Fsp3) is 0.174. The average Bonchev–Trinajstić information content (AvgIpc) is 3.04. The summed E-state index contributed by atoms with van der Waals surface area (Å²) in [6.07, 6.45) is 0. The van der Waals surface area contributed by atoms with Crippen LogP contribution in [0.25, 0.3) is 21.8 Å². The van der Waals surface area contributed by atoms with Crippen LogP contribution < -0.4 is 10.1 Å². The molecule has 0 spiro atoms. The lowest BCUT2D eigenvalue weighted by molar-refractivity contribution is 0.269. The van der Waals surface area contributed by atoms with Crippen molar-refractivity contribution < 1.29 is 9.53 Å². The van der Waals surface area contributed by atoms with Crippen LogP contribution in [0.4, 0.5) is 10.5 Å². The molecule has 1 heterocycles. The van der Waals surface area contributed by atoms with Crippen LogP contribution >= 0.6 is 11.8 Å². The maximum Gasteiger partial charge on any atom is 0.283 e. The number of ether oxygens (including phenoxy) is 1. The van der Waals surface area contributed by atoms with Crippen molar-refractivity contribution in [3.05, 3.63) is 72.8 Å². The Hall–Kier alpha value is -2.92. The van der Waals surface area contributed by atoms with Gasteiger partial charge in [-0.1, -0.05) is 55.1 Å². The fourth-order valence-electron chi connectivity index (χ4n) is 3.42. The molecule has 4 rings (SSSR count). The largest absolute Gasteiger partial charge is 0.492 e. The summed E-state index contributed by atoms with van der Waals surface area (Å²) in [6.45, 7) is 3.29. The summed E-state index contributed by atoms with van der Waals surface area (Å²) < 4.78 is 8.25. The summed E-state index contributed by atoms with van der Waals surface area (Å²) in [5, 5.41) is 5.35. The molecule has 0 unspecified atom stereocenters. The van der Waals surface area contributed by atoms with Gasteiger partial charge in [0, 0.05) is 27.5 Å². The lowest BCUT2D eigenvalue weighted by atomic mass is 10.2. The minimum Gasteiger partial charge on any atom is -0.492 e. The molecule has 0 bridgehead atoms. The Kier molecular flexibility index (Phi) is 5.53. The van der Waals surface area contributed by atoms with Gasteiger partial charge in [0.05, 0.1) is 6.54 Å². The number of amides is 1. The van der Waals surface area contributed by atoms with E-state index in [1.807, 2.05) is 31.2 Å². The number of carbonyl (C=O) groups is 1. The lowest BCUT2D eigenvalue weighted by Gasteiger charge is -2.10. The molecule has 28 heavy (non-hydrogen) atoms. The highest BCUT2D eigenvalue weighted by atomic mass is 32.2. The molecule has 0 radical (unpaired) electrons. The second kappa shape index (κ2) is 8.40. The predicted octanol–water partition coefficient (Wildman–Crippen LogP) is 6.16. The standard InChI is InChI=1S/C23H22N2O2S/c1-2-28-23(26)24-17-11-13-18(14-12-17)27-16-15-25-21-9-5-3-7-19(21)20-8-4-6-10-22(20)25/h3-14H,2,15-16H2,1H3,(H,24,26). The zero-order chi connectivity index (χ0) is 19.3. The number of aromatic nitrogens is 1. The monoisotopic (exact) mass is 390 g/mol. The number of nitrogens with zero attached hydrogens (tertiary/aromatic N) is 1. The van der Waals surface area contributed by atoms with Crippen LogP contribution in [0.1, 0.15) is 6.92 Å². The normalized spacial score (nSPS) is 11.0. The third-order valence-electron chi connectivity index (χ3n) is 4.64. The van der Waals surface area contributed by atoms with E-state index < -0.39 is 0 Å². The van der Waals surface area contributed by atoms with Crippen molar-refractivity contribution in [1.29, 1.82) is 0 Å². The molecule has 142 valence electrons. The highest BCUT2D eigenvalue weighted by Gasteiger charge is 2.09. The number of thioether (sulfide) groups is 1. The Morgan fingerprint density at radius 3 is 2.14 bits per heavy atom. The maximum absolute atomic E-state index is 11.6. The van der Waals surface area contributed by atoms with Gasteiger partial charge in [0.1, 0.15) is 12.4 Å². The molecule has 0 saturated carbocycles. The summed E-state index contributed by atoms with van der Waals surface area (Å²) >= 11 is 1.26. The van der Waals surface area contributed by atoms with Crippen molar-refractivity contribution in [3.8, 4) is 5.75 Å². The molecule has 4 nitrogen and oxygen atoms in total. The topological polar surface area (TPSA) is 43.3 Å². The number of carbonyl (C=O) groups excluding carboxylic acids is 1. The Morgan fingerprint density at radius 1 is 0.929 bits per heavy atom. The second-order valence-electron chi connectivity index (χ2n) is 6.40. The fourth-order valence-corrected chi connectivity index (χ4v) is 3.87. The van der Waals surface area contributed by atoms with Crippen molar-refractivity contribution >= 4 is 44.5 Å². The third kappa shape index (κ3) is 3.85. The highest BCUT2D eigenvalue weighted by Crippen LogP contribution is 2.28. The van der Waals surface area contributed by atoms with Crippen molar-refractivity contribution in [1.82, 2.24) is 4.57 Å². The van der Waals surface area contributed by atoms with Crippen LogP contribution in [0.3, 0.4) is 0 Å². The number of para-hydroxylation sites is 2. The molecule has 0 aliphatic rings. The zero-order valence-corrected chi connectivity index (χ0v) is 16.5. The molecule has 0 atom stereocenters. The van der Waals surface area contributed by atoms with E-state index in [2.05, 4.69) is 58.4 Å². The second-order valence-corrected chi connectivity index (χ2v) is 7.64. The van der Waals surface area contributed by atoms with Crippen molar-refractivity contribution in [2.24, 2.45) is 0 Å². The smallest absolute Gasteiger partial charge is 0.283 e.